The topological polar surface area (TPSA) is 106 Å². The number of carboxylic acid groups (broad SMARTS) is 1. The molecule has 2 rings (SSSR count). The minimum absolute atomic E-state index is 0.137. The Morgan fingerprint density at radius 3 is 1.88 bits per heavy atom. The smallest absolute Gasteiger partial charge is 0.424 e. The molecule has 1 N–H and O–H groups in total. The first kappa shape index (κ1) is 27.3. The Hall–Kier alpha value is -2.98. The molecule has 0 aliphatic rings. The highest BCUT2D eigenvalue weighted by Gasteiger charge is 2.38. The highest BCUT2D eigenvalue weighted by molar-refractivity contribution is 6.37. The fraction of sp³-hybridized carbons (Fsp3) is 0.364. The number of pyridine rings is 1. The van der Waals surface area contributed by atoms with Crippen LogP contribution in [0, 0.1) is 11.6 Å². The fourth-order valence-electron chi connectivity index (χ4n) is 2.58. The highest BCUT2D eigenvalue weighted by Crippen LogP contribution is 2.38. The molecular formula is C22H22Cl2F2N2O6. The zero-order valence-electron chi connectivity index (χ0n) is 19.1. The van der Waals surface area contributed by atoms with Crippen molar-refractivity contribution in [3.8, 4) is 11.3 Å². The summed E-state index contributed by atoms with van der Waals surface area (Å²) in [5.41, 5.74) is -5.09. The number of carboxylic acids is 1. The molecule has 2 aromatic rings. The van der Waals surface area contributed by atoms with Crippen molar-refractivity contribution in [2.45, 2.75) is 52.7 Å². The van der Waals surface area contributed by atoms with Gasteiger partial charge in [0.1, 0.15) is 33.4 Å². The van der Waals surface area contributed by atoms with Gasteiger partial charge in [-0.1, -0.05) is 29.3 Å². The van der Waals surface area contributed by atoms with Crippen molar-refractivity contribution in [1.82, 2.24) is 4.98 Å². The molecule has 1 heterocycles. The molecule has 0 atom stereocenters. The van der Waals surface area contributed by atoms with E-state index in [-0.39, 0.29) is 15.5 Å². The van der Waals surface area contributed by atoms with Gasteiger partial charge >= 0.3 is 18.2 Å². The van der Waals surface area contributed by atoms with Gasteiger partial charge < -0.3 is 14.6 Å². The first-order valence-electron chi connectivity index (χ1n) is 9.76. The van der Waals surface area contributed by atoms with Crippen molar-refractivity contribution in [3.05, 3.63) is 45.6 Å². The van der Waals surface area contributed by atoms with E-state index in [1.54, 1.807) is 0 Å². The Kier molecular flexibility index (Phi) is 7.79. The third-order valence-corrected chi connectivity index (χ3v) is 4.49. The predicted molar refractivity (Wildman–Crippen MR) is 122 cm³/mol. The van der Waals surface area contributed by atoms with Gasteiger partial charge in [-0.25, -0.2) is 28.1 Å². The van der Waals surface area contributed by atoms with E-state index in [4.69, 9.17) is 32.7 Å². The summed E-state index contributed by atoms with van der Waals surface area (Å²) in [7, 11) is 0. The molecule has 0 bridgehead atoms. The van der Waals surface area contributed by atoms with E-state index in [0.717, 1.165) is 12.1 Å². The van der Waals surface area contributed by atoms with E-state index in [2.05, 4.69) is 4.98 Å². The molecular weight excluding hydrogens is 497 g/mol. The summed E-state index contributed by atoms with van der Waals surface area (Å²) in [6, 6.07) is 3.08. The summed E-state index contributed by atoms with van der Waals surface area (Å²) in [4.78, 5) is 41.5. The Balaban J connectivity index is 2.88. The van der Waals surface area contributed by atoms with Gasteiger partial charge in [0.05, 0.1) is 5.02 Å². The van der Waals surface area contributed by atoms with E-state index < -0.39 is 63.1 Å². The van der Waals surface area contributed by atoms with Gasteiger partial charge in [-0.05, 0) is 53.7 Å². The number of hydrogen-bond acceptors (Lipinski definition) is 6. The Bertz CT molecular complexity index is 1130. The summed E-state index contributed by atoms with van der Waals surface area (Å²) in [5, 5.41) is 8.42. The molecule has 184 valence electrons. The van der Waals surface area contributed by atoms with E-state index in [1.807, 2.05) is 0 Å². The fourth-order valence-corrected chi connectivity index (χ4v) is 2.98. The molecule has 0 aliphatic heterocycles. The number of halogens is 4. The van der Waals surface area contributed by atoms with Crippen molar-refractivity contribution in [3.63, 3.8) is 0 Å². The van der Waals surface area contributed by atoms with Gasteiger partial charge in [0, 0.05) is 5.56 Å². The minimum Gasteiger partial charge on any atom is -0.476 e. The predicted octanol–water partition coefficient (Wildman–Crippen LogP) is 6.71. The third-order valence-electron chi connectivity index (χ3n) is 3.83. The molecule has 8 nitrogen and oxygen atoms in total. The van der Waals surface area contributed by atoms with Crippen molar-refractivity contribution in [1.29, 1.82) is 0 Å². The van der Waals surface area contributed by atoms with Crippen LogP contribution in [-0.4, -0.2) is 39.4 Å². The number of carbonyl (C=O) groups excluding carboxylic acids is 2. The number of rotatable bonds is 3. The molecule has 0 fully saturated rings. The van der Waals surface area contributed by atoms with Gasteiger partial charge in [0.15, 0.2) is 11.5 Å². The maximum absolute atomic E-state index is 15.8. The first-order chi connectivity index (χ1) is 15.4. The second-order valence-corrected chi connectivity index (χ2v) is 9.80. The molecule has 34 heavy (non-hydrogen) atoms. The van der Waals surface area contributed by atoms with Crippen molar-refractivity contribution >= 4 is 47.0 Å². The summed E-state index contributed by atoms with van der Waals surface area (Å²) in [6.45, 7) is 8.96. The quantitative estimate of drug-likeness (QED) is 0.481. The number of ether oxygens (including phenoxy) is 2. The maximum atomic E-state index is 15.8. The summed E-state index contributed by atoms with van der Waals surface area (Å²) < 4.78 is 40.2. The molecule has 0 saturated carbocycles. The zero-order chi connectivity index (χ0) is 26.2. The number of imide groups is 1. The summed E-state index contributed by atoms with van der Waals surface area (Å²) in [5.74, 6) is -4.03. The molecule has 12 heteroatoms. The SMILES string of the molecule is CC(C)(C)OC(=O)N(C(=O)OC(C)(C)C)c1c(F)c(-c2ccc(Cl)c(F)c2)nc(C(=O)O)c1Cl. The lowest BCUT2D eigenvalue weighted by atomic mass is 10.1. The van der Waals surface area contributed by atoms with Crippen LogP contribution in [0.1, 0.15) is 52.0 Å². The molecule has 0 saturated heterocycles. The lowest BCUT2D eigenvalue weighted by Gasteiger charge is -2.29. The largest absolute Gasteiger partial charge is 0.476 e. The molecule has 2 amide bonds. The van der Waals surface area contributed by atoms with Crippen LogP contribution in [0.2, 0.25) is 10.0 Å². The van der Waals surface area contributed by atoms with Crippen LogP contribution in [0.3, 0.4) is 0 Å². The van der Waals surface area contributed by atoms with E-state index in [9.17, 15) is 23.9 Å². The number of anilines is 1. The molecule has 0 aliphatic carbocycles. The Labute approximate surface area is 204 Å². The summed E-state index contributed by atoms with van der Waals surface area (Å²) in [6.07, 6.45) is -2.78. The standard InChI is InChI=1S/C22H22Cl2F2N2O6/c1-21(2,3)33-19(31)28(20(32)34-22(4,5)6)17-13(24)16(18(29)30)27-15(14(17)26)10-7-8-11(23)12(25)9-10/h7-9H,1-6H3,(H,29,30). The van der Waals surface area contributed by atoms with E-state index in [1.165, 1.54) is 47.6 Å². The molecule has 1 aromatic heterocycles. The molecule has 0 radical (unpaired) electrons. The van der Waals surface area contributed by atoms with Gasteiger partial charge in [-0.2, -0.15) is 4.90 Å². The maximum Gasteiger partial charge on any atom is 0.424 e. The van der Waals surface area contributed by atoms with Crippen LogP contribution in [0.4, 0.5) is 24.1 Å². The van der Waals surface area contributed by atoms with Crippen LogP contribution < -0.4 is 4.90 Å². The third kappa shape index (κ3) is 6.32. The monoisotopic (exact) mass is 518 g/mol. The highest BCUT2D eigenvalue weighted by atomic mass is 35.5. The molecule has 0 unspecified atom stereocenters. The number of aromatic nitrogens is 1. The van der Waals surface area contributed by atoms with Crippen LogP contribution >= 0.6 is 23.2 Å². The molecule has 0 spiro atoms. The number of aromatic carboxylic acids is 1. The lowest BCUT2D eigenvalue weighted by Crippen LogP contribution is -2.44. The second kappa shape index (κ2) is 9.71. The van der Waals surface area contributed by atoms with Gasteiger partial charge in [0.25, 0.3) is 0 Å². The lowest BCUT2D eigenvalue weighted by molar-refractivity contribution is 0.0427. The van der Waals surface area contributed by atoms with Gasteiger partial charge in [-0.3, -0.25) is 0 Å². The van der Waals surface area contributed by atoms with Crippen molar-refractivity contribution in [2.24, 2.45) is 0 Å². The number of amides is 2. The zero-order valence-corrected chi connectivity index (χ0v) is 20.6. The van der Waals surface area contributed by atoms with Gasteiger partial charge in [0.2, 0.25) is 0 Å². The van der Waals surface area contributed by atoms with Crippen LogP contribution in [0.15, 0.2) is 18.2 Å². The number of hydrogen-bond donors (Lipinski definition) is 1. The minimum atomic E-state index is -1.70. The second-order valence-electron chi connectivity index (χ2n) is 9.02. The van der Waals surface area contributed by atoms with Crippen LogP contribution in [0.25, 0.3) is 11.3 Å². The normalized spacial score (nSPS) is 11.7. The van der Waals surface area contributed by atoms with E-state index >= 15 is 4.39 Å². The Morgan fingerprint density at radius 2 is 1.47 bits per heavy atom. The van der Waals surface area contributed by atoms with Crippen molar-refractivity contribution in [2.75, 3.05) is 4.90 Å². The summed E-state index contributed by atoms with van der Waals surface area (Å²) >= 11 is 11.8. The van der Waals surface area contributed by atoms with Crippen LogP contribution in [0.5, 0.6) is 0 Å². The molecule has 1 aromatic carbocycles. The average molecular weight is 519 g/mol. The number of nitrogens with zero attached hydrogens (tertiary/aromatic N) is 2. The Morgan fingerprint density at radius 1 is 0.971 bits per heavy atom. The van der Waals surface area contributed by atoms with Crippen LogP contribution in [-0.2, 0) is 9.47 Å². The van der Waals surface area contributed by atoms with Gasteiger partial charge in [-0.15, -0.1) is 0 Å². The van der Waals surface area contributed by atoms with E-state index in [0.29, 0.717) is 0 Å². The van der Waals surface area contributed by atoms with Crippen molar-refractivity contribution < 1.29 is 37.7 Å². The first-order valence-corrected chi connectivity index (χ1v) is 10.5. The average Bonchev–Trinajstić information content (AvgIpc) is 2.64. The number of benzene rings is 1. The number of carbonyl (C=O) groups is 3.